The third kappa shape index (κ3) is 1.24. The fourth-order valence-corrected chi connectivity index (χ4v) is 1.26. The van der Waals surface area contributed by atoms with Crippen LogP contribution in [0.1, 0.15) is 10.4 Å². The van der Waals surface area contributed by atoms with Crippen molar-refractivity contribution in [3.63, 3.8) is 0 Å². The molecule has 3 nitrogen and oxygen atoms in total. The van der Waals surface area contributed by atoms with Crippen molar-refractivity contribution in [1.29, 1.82) is 0 Å². The molecule has 0 amide bonds. The number of aldehydes is 1. The Labute approximate surface area is 74.7 Å². The van der Waals surface area contributed by atoms with Gasteiger partial charge in [-0.25, -0.2) is 0 Å². The van der Waals surface area contributed by atoms with E-state index in [4.69, 9.17) is 0 Å². The van der Waals surface area contributed by atoms with E-state index in [0.29, 0.717) is 16.5 Å². The summed E-state index contributed by atoms with van der Waals surface area (Å²) in [7, 11) is 0. The third-order valence-electron chi connectivity index (χ3n) is 1.87. The van der Waals surface area contributed by atoms with Crippen molar-refractivity contribution in [3.05, 3.63) is 36.0 Å². The maximum Gasteiger partial charge on any atom is 0.150 e. The van der Waals surface area contributed by atoms with Crippen LogP contribution in [0.2, 0.25) is 0 Å². The average molecular weight is 173 g/mol. The van der Waals surface area contributed by atoms with Crippen LogP contribution in [0.5, 0.6) is 5.75 Å². The molecular formula is C10H7NO2. The standard InChI is InChI=1S/C10H7NO2/c12-6-7-2-1-3-10-9(7)4-8(13)5-11-10/h1-6,13H. The fraction of sp³-hybridized carbons (Fsp3) is 0. The number of hydrogen-bond acceptors (Lipinski definition) is 3. The lowest BCUT2D eigenvalue weighted by Crippen LogP contribution is -1.84. The Balaban J connectivity index is 2.86. The van der Waals surface area contributed by atoms with Crippen molar-refractivity contribution in [2.75, 3.05) is 0 Å². The van der Waals surface area contributed by atoms with Crippen LogP contribution in [-0.2, 0) is 0 Å². The zero-order valence-corrected chi connectivity index (χ0v) is 6.77. The summed E-state index contributed by atoms with van der Waals surface area (Å²) in [5.41, 5.74) is 1.25. The molecule has 2 rings (SSSR count). The normalized spacial score (nSPS) is 10.2. The first-order valence-electron chi connectivity index (χ1n) is 3.84. The molecule has 1 N–H and O–H groups in total. The molecule has 0 aliphatic carbocycles. The maximum atomic E-state index is 10.6. The van der Waals surface area contributed by atoms with Crippen molar-refractivity contribution >= 4 is 17.2 Å². The molecule has 0 saturated heterocycles. The molecule has 2 aromatic rings. The molecule has 1 aromatic heterocycles. The predicted molar refractivity (Wildman–Crippen MR) is 48.8 cm³/mol. The van der Waals surface area contributed by atoms with Gasteiger partial charge in [0.05, 0.1) is 11.7 Å². The predicted octanol–water partition coefficient (Wildman–Crippen LogP) is 1.75. The molecule has 0 aliphatic heterocycles. The SMILES string of the molecule is O=Cc1cccc2ncc(O)cc12. The molecule has 1 heterocycles. The third-order valence-corrected chi connectivity index (χ3v) is 1.87. The van der Waals surface area contributed by atoms with E-state index in [-0.39, 0.29) is 5.75 Å². The topological polar surface area (TPSA) is 50.2 Å². The van der Waals surface area contributed by atoms with E-state index in [9.17, 15) is 9.90 Å². The summed E-state index contributed by atoms with van der Waals surface area (Å²) >= 11 is 0. The monoisotopic (exact) mass is 173 g/mol. The second-order valence-corrected chi connectivity index (χ2v) is 2.73. The molecule has 0 unspecified atom stereocenters. The van der Waals surface area contributed by atoms with Gasteiger partial charge in [0.1, 0.15) is 5.75 Å². The van der Waals surface area contributed by atoms with Crippen LogP contribution in [0.15, 0.2) is 30.5 Å². The largest absolute Gasteiger partial charge is 0.506 e. The van der Waals surface area contributed by atoms with Crippen molar-refractivity contribution < 1.29 is 9.90 Å². The maximum absolute atomic E-state index is 10.6. The summed E-state index contributed by atoms with van der Waals surface area (Å²) in [6, 6.07) is 6.78. The molecule has 0 saturated carbocycles. The van der Waals surface area contributed by atoms with Crippen molar-refractivity contribution in [2.45, 2.75) is 0 Å². The number of benzene rings is 1. The molecule has 0 atom stereocenters. The minimum atomic E-state index is 0.0711. The first-order valence-corrected chi connectivity index (χ1v) is 3.84. The lowest BCUT2D eigenvalue weighted by Gasteiger charge is -1.99. The molecule has 0 aliphatic rings. The summed E-state index contributed by atoms with van der Waals surface area (Å²) < 4.78 is 0. The van der Waals surface area contributed by atoms with E-state index < -0.39 is 0 Å². The number of nitrogens with zero attached hydrogens (tertiary/aromatic N) is 1. The van der Waals surface area contributed by atoms with E-state index in [1.54, 1.807) is 18.2 Å². The van der Waals surface area contributed by atoms with E-state index in [0.717, 1.165) is 6.29 Å². The second-order valence-electron chi connectivity index (χ2n) is 2.73. The number of pyridine rings is 1. The van der Waals surface area contributed by atoms with Gasteiger partial charge in [-0.3, -0.25) is 9.78 Å². The lowest BCUT2D eigenvalue weighted by atomic mass is 10.1. The Bertz CT molecular complexity index is 465. The number of carbonyl (C=O) groups excluding carboxylic acids is 1. The van der Waals surface area contributed by atoms with E-state index >= 15 is 0 Å². The van der Waals surface area contributed by atoms with Crippen LogP contribution in [0.3, 0.4) is 0 Å². The molecule has 0 fully saturated rings. The van der Waals surface area contributed by atoms with Crippen LogP contribution in [-0.4, -0.2) is 16.4 Å². The molecule has 3 heteroatoms. The van der Waals surface area contributed by atoms with Gasteiger partial charge in [0.25, 0.3) is 0 Å². The fourth-order valence-electron chi connectivity index (χ4n) is 1.26. The number of aromatic nitrogens is 1. The van der Waals surface area contributed by atoms with Gasteiger partial charge in [0.15, 0.2) is 6.29 Å². The zero-order valence-electron chi connectivity index (χ0n) is 6.77. The van der Waals surface area contributed by atoms with Gasteiger partial charge in [-0.15, -0.1) is 0 Å². The number of hydrogen-bond donors (Lipinski definition) is 1. The van der Waals surface area contributed by atoms with Gasteiger partial charge in [-0.1, -0.05) is 12.1 Å². The molecule has 1 aromatic carbocycles. The number of fused-ring (bicyclic) bond motifs is 1. The van der Waals surface area contributed by atoms with Gasteiger partial charge in [0, 0.05) is 10.9 Å². The van der Waals surface area contributed by atoms with Gasteiger partial charge in [0.2, 0.25) is 0 Å². The minimum Gasteiger partial charge on any atom is -0.506 e. The average Bonchev–Trinajstić information content (AvgIpc) is 2.17. The summed E-state index contributed by atoms with van der Waals surface area (Å²) in [6.45, 7) is 0. The molecular weight excluding hydrogens is 166 g/mol. The highest BCUT2D eigenvalue weighted by molar-refractivity contribution is 5.96. The molecule has 0 radical (unpaired) electrons. The van der Waals surface area contributed by atoms with Crippen molar-refractivity contribution in [2.24, 2.45) is 0 Å². The Hall–Kier alpha value is -1.90. The quantitative estimate of drug-likeness (QED) is 0.668. The van der Waals surface area contributed by atoms with Gasteiger partial charge >= 0.3 is 0 Å². The first kappa shape index (κ1) is 7.73. The van der Waals surface area contributed by atoms with Crippen LogP contribution in [0.4, 0.5) is 0 Å². The van der Waals surface area contributed by atoms with Crippen LogP contribution >= 0.6 is 0 Å². The van der Waals surface area contributed by atoms with Gasteiger partial charge in [-0.05, 0) is 12.1 Å². The second kappa shape index (κ2) is 2.86. The van der Waals surface area contributed by atoms with Crippen molar-refractivity contribution in [3.8, 4) is 5.75 Å². The van der Waals surface area contributed by atoms with Gasteiger partial charge in [-0.2, -0.15) is 0 Å². The Morgan fingerprint density at radius 1 is 1.38 bits per heavy atom. The highest BCUT2D eigenvalue weighted by Crippen LogP contribution is 2.19. The zero-order chi connectivity index (χ0) is 9.26. The molecule has 0 bridgehead atoms. The summed E-state index contributed by atoms with van der Waals surface area (Å²) in [5.74, 6) is 0.0711. The van der Waals surface area contributed by atoms with Crippen LogP contribution < -0.4 is 0 Å². The Kier molecular flexibility index (Phi) is 1.70. The summed E-state index contributed by atoms with van der Waals surface area (Å²) in [6.07, 6.45) is 2.11. The Morgan fingerprint density at radius 2 is 2.23 bits per heavy atom. The summed E-state index contributed by atoms with van der Waals surface area (Å²) in [5, 5.41) is 9.85. The van der Waals surface area contributed by atoms with E-state index in [1.807, 2.05) is 0 Å². The van der Waals surface area contributed by atoms with Crippen molar-refractivity contribution in [1.82, 2.24) is 4.98 Å². The first-order chi connectivity index (χ1) is 6.31. The highest BCUT2D eigenvalue weighted by atomic mass is 16.3. The van der Waals surface area contributed by atoms with E-state index in [1.165, 1.54) is 12.3 Å². The minimum absolute atomic E-state index is 0.0711. The van der Waals surface area contributed by atoms with Crippen LogP contribution in [0.25, 0.3) is 10.9 Å². The molecule has 64 valence electrons. The highest BCUT2D eigenvalue weighted by Gasteiger charge is 2.00. The molecule has 0 spiro atoms. The summed E-state index contributed by atoms with van der Waals surface area (Å²) in [4.78, 5) is 14.6. The van der Waals surface area contributed by atoms with E-state index in [2.05, 4.69) is 4.98 Å². The van der Waals surface area contributed by atoms with Crippen LogP contribution in [0, 0.1) is 0 Å². The molecule has 13 heavy (non-hydrogen) atoms. The lowest BCUT2D eigenvalue weighted by molar-refractivity contribution is 0.112. The number of rotatable bonds is 1. The number of carbonyl (C=O) groups is 1. The number of aromatic hydroxyl groups is 1. The smallest absolute Gasteiger partial charge is 0.150 e. The van der Waals surface area contributed by atoms with Gasteiger partial charge < -0.3 is 5.11 Å². The Morgan fingerprint density at radius 3 is 3.00 bits per heavy atom.